The zero-order valence-electron chi connectivity index (χ0n) is 14.9. The highest BCUT2D eigenvalue weighted by molar-refractivity contribution is 5.97. The quantitative estimate of drug-likeness (QED) is 0.807. The number of aromatic amines is 1. The Labute approximate surface area is 151 Å². The summed E-state index contributed by atoms with van der Waals surface area (Å²) in [6, 6.07) is 7.25. The number of hydrogen-bond acceptors (Lipinski definition) is 6. The fraction of sp³-hybridized carbons (Fsp3) is 0.389. The summed E-state index contributed by atoms with van der Waals surface area (Å²) in [5.74, 6) is 0.129. The Bertz CT molecular complexity index is 781. The molecule has 1 saturated heterocycles. The third kappa shape index (κ3) is 3.70. The molecule has 0 bridgehead atoms. The van der Waals surface area contributed by atoms with Crippen LogP contribution in [0.4, 0.5) is 0 Å². The number of carbonyl (C=O) groups is 2. The molecular weight excluding hydrogens is 336 g/mol. The van der Waals surface area contributed by atoms with E-state index in [2.05, 4.69) is 15.1 Å². The lowest BCUT2D eigenvalue weighted by atomic mass is 10.1. The van der Waals surface area contributed by atoms with Gasteiger partial charge in [-0.15, -0.1) is 0 Å². The summed E-state index contributed by atoms with van der Waals surface area (Å²) < 4.78 is 10.0. The van der Waals surface area contributed by atoms with Gasteiger partial charge in [0.15, 0.2) is 0 Å². The Balaban J connectivity index is 1.60. The number of amides is 1. The van der Waals surface area contributed by atoms with Crippen molar-refractivity contribution in [3.8, 4) is 5.75 Å². The van der Waals surface area contributed by atoms with Gasteiger partial charge in [0.2, 0.25) is 0 Å². The molecule has 1 amide bonds. The minimum atomic E-state index is -0.428. The first kappa shape index (κ1) is 17.9. The molecule has 1 aromatic carbocycles. The van der Waals surface area contributed by atoms with Crippen molar-refractivity contribution < 1.29 is 19.1 Å². The number of nitrogens with zero attached hydrogens (tertiary/aromatic N) is 3. The van der Waals surface area contributed by atoms with Gasteiger partial charge >= 0.3 is 5.97 Å². The molecule has 8 nitrogen and oxygen atoms in total. The third-order valence-electron chi connectivity index (χ3n) is 4.50. The Morgan fingerprint density at radius 2 is 1.88 bits per heavy atom. The molecular formula is C18H22N4O4. The number of ether oxygens (including phenoxy) is 2. The molecule has 2 heterocycles. The van der Waals surface area contributed by atoms with Crippen LogP contribution in [0.1, 0.15) is 26.4 Å². The van der Waals surface area contributed by atoms with Crippen LogP contribution in [0, 0.1) is 0 Å². The lowest BCUT2D eigenvalue weighted by Gasteiger charge is -2.34. The zero-order valence-corrected chi connectivity index (χ0v) is 14.9. The van der Waals surface area contributed by atoms with Crippen molar-refractivity contribution in [1.82, 2.24) is 20.0 Å². The smallest absolute Gasteiger partial charge is 0.356 e. The van der Waals surface area contributed by atoms with Crippen LogP contribution in [0.15, 0.2) is 30.5 Å². The van der Waals surface area contributed by atoms with Gasteiger partial charge in [0.1, 0.15) is 11.4 Å². The van der Waals surface area contributed by atoms with E-state index in [1.54, 1.807) is 25.4 Å². The lowest BCUT2D eigenvalue weighted by Crippen LogP contribution is -2.48. The number of methoxy groups -OCH3 is 2. The molecule has 1 fully saturated rings. The highest BCUT2D eigenvalue weighted by Crippen LogP contribution is 2.20. The molecule has 1 aliphatic heterocycles. The summed E-state index contributed by atoms with van der Waals surface area (Å²) in [6.45, 7) is 3.24. The van der Waals surface area contributed by atoms with Crippen LogP contribution in [0.5, 0.6) is 5.75 Å². The molecule has 1 N–H and O–H groups in total. The van der Waals surface area contributed by atoms with Gasteiger partial charge in [0, 0.05) is 38.3 Å². The van der Waals surface area contributed by atoms with Gasteiger partial charge in [-0.1, -0.05) is 12.1 Å². The normalized spacial score (nSPS) is 14.9. The first-order chi connectivity index (χ1) is 12.6. The number of aromatic nitrogens is 2. The number of esters is 1. The highest BCUT2D eigenvalue weighted by Gasteiger charge is 2.25. The van der Waals surface area contributed by atoms with E-state index in [9.17, 15) is 9.59 Å². The molecule has 1 aliphatic rings. The topological polar surface area (TPSA) is 87.8 Å². The SMILES string of the molecule is COC(=O)c1[nH]ncc1CN1CCN(C(=O)c2ccccc2OC)CC1. The largest absolute Gasteiger partial charge is 0.496 e. The van der Waals surface area contributed by atoms with Crippen LogP contribution < -0.4 is 4.74 Å². The fourth-order valence-corrected chi connectivity index (χ4v) is 3.05. The Morgan fingerprint density at radius 3 is 2.58 bits per heavy atom. The van der Waals surface area contributed by atoms with Crippen molar-refractivity contribution in [2.45, 2.75) is 6.54 Å². The second kappa shape index (κ2) is 8.01. The monoisotopic (exact) mass is 358 g/mol. The standard InChI is InChI=1S/C18H22N4O4/c1-25-15-6-4-3-5-14(15)17(23)22-9-7-21(8-10-22)12-13-11-19-20-16(13)18(24)26-2/h3-6,11H,7-10,12H2,1-2H3,(H,19,20). The molecule has 26 heavy (non-hydrogen) atoms. The van der Waals surface area contributed by atoms with E-state index in [-0.39, 0.29) is 5.91 Å². The average molecular weight is 358 g/mol. The van der Waals surface area contributed by atoms with Crippen molar-refractivity contribution in [2.75, 3.05) is 40.4 Å². The molecule has 138 valence electrons. The summed E-state index contributed by atoms with van der Waals surface area (Å²) in [5, 5.41) is 6.61. The Kier molecular flexibility index (Phi) is 5.52. The molecule has 8 heteroatoms. The lowest BCUT2D eigenvalue weighted by molar-refractivity contribution is 0.0589. The molecule has 1 aromatic heterocycles. The van der Waals surface area contributed by atoms with E-state index >= 15 is 0 Å². The predicted molar refractivity (Wildman–Crippen MR) is 94.1 cm³/mol. The highest BCUT2D eigenvalue weighted by atomic mass is 16.5. The number of rotatable bonds is 5. The maximum atomic E-state index is 12.7. The summed E-state index contributed by atoms with van der Waals surface area (Å²) in [4.78, 5) is 28.5. The van der Waals surface area contributed by atoms with Crippen LogP contribution in [0.3, 0.4) is 0 Å². The number of nitrogens with one attached hydrogen (secondary N) is 1. The zero-order chi connectivity index (χ0) is 18.5. The fourth-order valence-electron chi connectivity index (χ4n) is 3.05. The van der Waals surface area contributed by atoms with Crippen LogP contribution in [-0.2, 0) is 11.3 Å². The maximum Gasteiger partial charge on any atom is 0.356 e. The summed E-state index contributed by atoms with van der Waals surface area (Å²) in [5.41, 5.74) is 1.74. The number of benzene rings is 1. The number of hydrogen-bond donors (Lipinski definition) is 1. The van der Waals surface area contributed by atoms with Crippen LogP contribution >= 0.6 is 0 Å². The molecule has 2 aromatic rings. The minimum absolute atomic E-state index is 0.0272. The van der Waals surface area contributed by atoms with E-state index in [4.69, 9.17) is 9.47 Å². The van der Waals surface area contributed by atoms with Crippen molar-refractivity contribution in [1.29, 1.82) is 0 Å². The predicted octanol–water partition coefficient (Wildman–Crippen LogP) is 1.16. The molecule has 3 rings (SSSR count). The summed E-state index contributed by atoms with van der Waals surface area (Å²) in [6.07, 6.45) is 1.64. The van der Waals surface area contributed by atoms with E-state index in [1.165, 1.54) is 7.11 Å². The average Bonchev–Trinajstić information content (AvgIpc) is 3.15. The number of H-pyrrole nitrogens is 1. The summed E-state index contributed by atoms with van der Waals surface area (Å²) >= 11 is 0. The van der Waals surface area contributed by atoms with E-state index in [1.807, 2.05) is 17.0 Å². The number of piperazine rings is 1. The first-order valence-corrected chi connectivity index (χ1v) is 8.39. The van der Waals surface area contributed by atoms with Gasteiger partial charge in [-0.05, 0) is 12.1 Å². The molecule has 0 unspecified atom stereocenters. The summed E-state index contributed by atoms with van der Waals surface area (Å²) in [7, 11) is 2.91. The van der Waals surface area contributed by atoms with Crippen molar-refractivity contribution in [2.24, 2.45) is 0 Å². The maximum absolute atomic E-state index is 12.7. The van der Waals surface area contributed by atoms with Crippen LogP contribution in [-0.4, -0.2) is 72.3 Å². The Hall–Kier alpha value is -2.87. The number of para-hydroxylation sites is 1. The van der Waals surface area contributed by atoms with E-state index in [0.717, 1.165) is 5.56 Å². The van der Waals surface area contributed by atoms with E-state index in [0.29, 0.717) is 49.7 Å². The van der Waals surface area contributed by atoms with E-state index < -0.39 is 5.97 Å². The molecule has 0 aliphatic carbocycles. The molecule has 0 saturated carbocycles. The second-order valence-corrected chi connectivity index (χ2v) is 6.03. The van der Waals surface area contributed by atoms with Crippen molar-refractivity contribution in [3.05, 3.63) is 47.3 Å². The molecule has 0 atom stereocenters. The third-order valence-corrected chi connectivity index (χ3v) is 4.50. The van der Waals surface area contributed by atoms with Gasteiger partial charge in [-0.25, -0.2) is 4.79 Å². The van der Waals surface area contributed by atoms with Gasteiger partial charge in [-0.2, -0.15) is 5.10 Å². The van der Waals surface area contributed by atoms with Gasteiger partial charge < -0.3 is 14.4 Å². The minimum Gasteiger partial charge on any atom is -0.496 e. The molecule has 0 radical (unpaired) electrons. The van der Waals surface area contributed by atoms with Crippen molar-refractivity contribution in [3.63, 3.8) is 0 Å². The van der Waals surface area contributed by atoms with Gasteiger partial charge in [0.25, 0.3) is 5.91 Å². The molecule has 0 spiro atoms. The van der Waals surface area contributed by atoms with Crippen LogP contribution in [0.2, 0.25) is 0 Å². The van der Waals surface area contributed by atoms with Gasteiger partial charge in [-0.3, -0.25) is 14.8 Å². The number of carbonyl (C=O) groups excluding carboxylic acids is 2. The van der Waals surface area contributed by atoms with Gasteiger partial charge in [0.05, 0.1) is 26.0 Å². The van der Waals surface area contributed by atoms with Crippen LogP contribution in [0.25, 0.3) is 0 Å². The Morgan fingerprint density at radius 1 is 1.15 bits per heavy atom. The van der Waals surface area contributed by atoms with Crippen molar-refractivity contribution >= 4 is 11.9 Å². The first-order valence-electron chi connectivity index (χ1n) is 8.39. The second-order valence-electron chi connectivity index (χ2n) is 6.03.